The second-order valence-corrected chi connectivity index (χ2v) is 5.38. The highest BCUT2D eigenvalue weighted by Gasteiger charge is 2.27. The fraction of sp³-hybridized carbons (Fsp3) is 0.571. The fourth-order valence-corrected chi connectivity index (χ4v) is 2.92. The number of aryl methyl sites for hydroxylation is 1. The van der Waals surface area contributed by atoms with E-state index in [4.69, 9.17) is 5.73 Å². The van der Waals surface area contributed by atoms with Crippen molar-refractivity contribution >= 4 is 11.4 Å². The maximum absolute atomic E-state index is 11.2. The van der Waals surface area contributed by atoms with Gasteiger partial charge in [-0.1, -0.05) is 12.1 Å². The molecule has 0 atom stereocenters. The van der Waals surface area contributed by atoms with Crippen molar-refractivity contribution in [2.75, 3.05) is 11.9 Å². The standard InChI is InChI=1S/C14H21N3O2/c1-10-4-3-5-13(17(18)19)14(10)16(2)12-8-6-11(15)7-9-12/h3-5,11-12H,6-9,15H2,1-2H3. The molecule has 0 heterocycles. The Morgan fingerprint density at radius 3 is 2.53 bits per heavy atom. The third-order valence-electron chi connectivity index (χ3n) is 4.05. The summed E-state index contributed by atoms with van der Waals surface area (Å²) in [5.74, 6) is 0. The van der Waals surface area contributed by atoms with Crippen molar-refractivity contribution in [1.82, 2.24) is 0 Å². The van der Waals surface area contributed by atoms with Crippen molar-refractivity contribution in [3.8, 4) is 0 Å². The summed E-state index contributed by atoms with van der Waals surface area (Å²) in [5, 5.41) is 11.2. The topological polar surface area (TPSA) is 72.4 Å². The van der Waals surface area contributed by atoms with Gasteiger partial charge >= 0.3 is 0 Å². The number of hydrogen-bond donors (Lipinski definition) is 1. The minimum atomic E-state index is -0.298. The van der Waals surface area contributed by atoms with Crippen LogP contribution in [0.2, 0.25) is 0 Å². The molecular formula is C14H21N3O2. The molecule has 5 heteroatoms. The molecule has 1 aromatic carbocycles. The van der Waals surface area contributed by atoms with Crippen LogP contribution in [-0.4, -0.2) is 24.1 Å². The SMILES string of the molecule is Cc1cccc([N+](=O)[O-])c1N(C)C1CCC(N)CC1. The van der Waals surface area contributed by atoms with Gasteiger partial charge in [-0.15, -0.1) is 0 Å². The predicted octanol–water partition coefficient (Wildman–Crippen LogP) is 2.61. The van der Waals surface area contributed by atoms with Crippen LogP contribution in [-0.2, 0) is 0 Å². The van der Waals surface area contributed by atoms with Crippen molar-refractivity contribution < 1.29 is 4.92 Å². The van der Waals surface area contributed by atoms with Crippen LogP contribution in [0.25, 0.3) is 0 Å². The summed E-state index contributed by atoms with van der Waals surface area (Å²) in [4.78, 5) is 12.9. The predicted molar refractivity (Wildman–Crippen MR) is 76.5 cm³/mol. The van der Waals surface area contributed by atoms with Gasteiger partial charge in [0, 0.05) is 25.2 Å². The highest BCUT2D eigenvalue weighted by atomic mass is 16.6. The molecule has 0 saturated heterocycles. The first-order chi connectivity index (χ1) is 9.00. The zero-order chi connectivity index (χ0) is 14.0. The van der Waals surface area contributed by atoms with E-state index in [2.05, 4.69) is 4.90 Å². The van der Waals surface area contributed by atoms with Gasteiger partial charge in [0.05, 0.1) is 4.92 Å². The summed E-state index contributed by atoms with van der Waals surface area (Å²) in [6, 6.07) is 5.87. The largest absolute Gasteiger partial charge is 0.366 e. The Labute approximate surface area is 113 Å². The van der Waals surface area contributed by atoms with Gasteiger partial charge < -0.3 is 10.6 Å². The van der Waals surface area contributed by atoms with Crippen LogP contribution >= 0.6 is 0 Å². The molecule has 0 aromatic heterocycles. The average Bonchev–Trinajstić information content (AvgIpc) is 2.38. The molecule has 0 aliphatic heterocycles. The van der Waals surface area contributed by atoms with Crippen molar-refractivity contribution in [2.45, 2.75) is 44.7 Å². The number of rotatable bonds is 3. The van der Waals surface area contributed by atoms with Crippen LogP contribution < -0.4 is 10.6 Å². The van der Waals surface area contributed by atoms with Crippen LogP contribution in [0, 0.1) is 17.0 Å². The van der Waals surface area contributed by atoms with Crippen molar-refractivity contribution in [1.29, 1.82) is 0 Å². The fourth-order valence-electron chi connectivity index (χ4n) is 2.92. The van der Waals surface area contributed by atoms with Gasteiger partial charge in [0.25, 0.3) is 5.69 Å². The summed E-state index contributed by atoms with van der Waals surface area (Å²) < 4.78 is 0. The lowest BCUT2D eigenvalue weighted by atomic mass is 9.90. The molecule has 19 heavy (non-hydrogen) atoms. The first kappa shape index (κ1) is 13.8. The van der Waals surface area contributed by atoms with Crippen LogP contribution in [0.15, 0.2) is 18.2 Å². The minimum Gasteiger partial charge on any atom is -0.366 e. The Bertz CT molecular complexity index is 468. The molecule has 0 unspecified atom stereocenters. The molecule has 2 rings (SSSR count). The molecule has 1 fully saturated rings. The highest BCUT2D eigenvalue weighted by molar-refractivity contribution is 5.67. The molecule has 0 amide bonds. The first-order valence-corrected chi connectivity index (χ1v) is 6.73. The first-order valence-electron chi connectivity index (χ1n) is 6.73. The Balaban J connectivity index is 2.28. The van der Waals surface area contributed by atoms with E-state index in [-0.39, 0.29) is 16.7 Å². The molecule has 104 valence electrons. The Kier molecular flexibility index (Phi) is 4.04. The quantitative estimate of drug-likeness (QED) is 0.672. The Morgan fingerprint density at radius 1 is 1.32 bits per heavy atom. The van der Waals surface area contributed by atoms with E-state index in [1.165, 1.54) is 0 Å². The van der Waals surface area contributed by atoms with E-state index in [0.717, 1.165) is 36.9 Å². The second kappa shape index (κ2) is 5.57. The monoisotopic (exact) mass is 263 g/mol. The maximum Gasteiger partial charge on any atom is 0.292 e. The van der Waals surface area contributed by atoms with Crippen LogP contribution in [0.3, 0.4) is 0 Å². The molecule has 1 saturated carbocycles. The third kappa shape index (κ3) is 2.87. The number of para-hydroxylation sites is 1. The second-order valence-electron chi connectivity index (χ2n) is 5.38. The van der Waals surface area contributed by atoms with E-state index < -0.39 is 0 Å². The summed E-state index contributed by atoms with van der Waals surface area (Å²) in [7, 11) is 1.96. The molecule has 0 radical (unpaired) electrons. The van der Waals surface area contributed by atoms with Gasteiger partial charge in [-0.25, -0.2) is 0 Å². The van der Waals surface area contributed by atoms with Crippen LogP contribution in [0.1, 0.15) is 31.2 Å². The van der Waals surface area contributed by atoms with E-state index in [1.54, 1.807) is 12.1 Å². The molecular weight excluding hydrogens is 242 g/mol. The zero-order valence-corrected chi connectivity index (χ0v) is 11.5. The van der Waals surface area contributed by atoms with E-state index in [0.29, 0.717) is 6.04 Å². The van der Waals surface area contributed by atoms with Crippen molar-refractivity contribution in [3.05, 3.63) is 33.9 Å². The van der Waals surface area contributed by atoms with E-state index >= 15 is 0 Å². The number of hydrogen-bond acceptors (Lipinski definition) is 4. The number of nitrogens with zero attached hydrogens (tertiary/aromatic N) is 2. The van der Waals surface area contributed by atoms with Gasteiger partial charge in [0.15, 0.2) is 0 Å². The molecule has 5 nitrogen and oxygen atoms in total. The molecule has 1 aromatic rings. The van der Waals surface area contributed by atoms with Gasteiger partial charge in [0.2, 0.25) is 0 Å². The van der Waals surface area contributed by atoms with Gasteiger partial charge in [-0.3, -0.25) is 10.1 Å². The lowest BCUT2D eigenvalue weighted by Crippen LogP contribution is -2.39. The summed E-state index contributed by atoms with van der Waals surface area (Å²) >= 11 is 0. The van der Waals surface area contributed by atoms with Crippen molar-refractivity contribution in [3.63, 3.8) is 0 Å². The lowest BCUT2D eigenvalue weighted by Gasteiger charge is -2.35. The summed E-state index contributed by atoms with van der Waals surface area (Å²) in [6.45, 7) is 1.92. The van der Waals surface area contributed by atoms with E-state index in [9.17, 15) is 10.1 Å². The molecule has 1 aliphatic carbocycles. The number of nitro groups is 1. The smallest absolute Gasteiger partial charge is 0.292 e. The van der Waals surface area contributed by atoms with Gasteiger partial charge in [-0.2, -0.15) is 0 Å². The third-order valence-corrected chi connectivity index (χ3v) is 4.05. The molecule has 1 aliphatic rings. The summed E-state index contributed by atoms with van der Waals surface area (Å²) in [6.07, 6.45) is 4.00. The number of benzene rings is 1. The maximum atomic E-state index is 11.2. The highest BCUT2D eigenvalue weighted by Crippen LogP contribution is 2.34. The average molecular weight is 263 g/mol. The Morgan fingerprint density at radius 2 is 1.95 bits per heavy atom. The van der Waals surface area contributed by atoms with Crippen LogP contribution in [0.4, 0.5) is 11.4 Å². The lowest BCUT2D eigenvalue weighted by molar-refractivity contribution is -0.384. The number of nitrogens with two attached hydrogens (primary N) is 1. The summed E-state index contributed by atoms with van der Waals surface area (Å²) in [5.41, 5.74) is 7.80. The molecule has 2 N–H and O–H groups in total. The number of nitro benzene ring substituents is 1. The van der Waals surface area contributed by atoms with E-state index in [1.807, 2.05) is 20.0 Å². The van der Waals surface area contributed by atoms with Crippen LogP contribution in [0.5, 0.6) is 0 Å². The zero-order valence-electron chi connectivity index (χ0n) is 11.5. The molecule has 0 bridgehead atoms. The number of anilines is 1. The van der Waals surface area contributed by atoms with Gasteiger partial charge in [0.1, 0.15) is 5.69 Å². The molecule has 0 spiro atoms. The Hall–Kier alpha value is -1.62. The normalized spacial score (nSPS) is 23.1. The van der Waals surface area contributed by atoms with Gasteiger partial charge in [-0.05, 0) is 38.2 Å². The van der Waals surface area contributed by atoms with Crippen molar-refractivity contribution in [2.24, 2.45) is 5.73 Å². The minimum absolute atomic E-state index is 0.192.